The monoisotopic (exact) mass is 237 g/mol. The lowest BCUT2D eigenvalue weighted by atomic mass is 10.2. The highest BCUT2D eigenvalue weighted by atomic mass is 16.5. The molecular formula is C13H23N3O. The summed E-state index contributed by atoms with van der Waals surface area (Å²) in [6.45, 7) is 7.34. The van der Waals surface area contributed by atoms with Crippen LogP contribution < -0.4 is 10.2 Å². The van der Waals surface area contributed by atoms with Gasteiger partial charge >= 0.3 is 0 Å². The van der Waals surface area contributed by atoms with E-state index in [4.69, 9.17) is 4.74 Å². The fourth-order valence-corrected chi connectivity index (χ4v) is 1.78. The van der Waals surface area contributed by atoms with Crippen molar-refractivity contribution >= 4 is 5.82 Å². The third-order valence-corrected chi connectivity index (χ3v) is 2.62. The van der Waals surface area contributed by atoms with Crippen LogP contribution in [-0.4, -0.2) is 38.8 Å². The van der Waals surface area contributed by atoms with Crippen LogP contribution in [0.5, 0.6) is 0 Å². The average molecular weight is 237 g/mol. The highest BCUT2D eigenvalue weighted by Gasteiger charge is 2.06. The smallest absolute Gasteiger partial charge is 0.131 e. The zero-order valence-corrected chi connectivity index (χ0v) is 11.3. The maximum atomic E-state index is 5.35. The van der Waals surface area contributed by atoms with Gasteiger partial charge in [-0.15, -0.1) is 0 Å². The van der Waals surface area contributed by atoms with E-state index in [2.05, 4.69) is 28.2 Å². The first kappa shape index (κ1) is 13.9. The highest BCUT2D eigenvalue weighted by Crippen LogP contribution is 2.16. The number of nitrogens with zero attached hydrogens (tertiary/aromatic N) is 2. The van der Waals surface area contributed by atoms with Crippen molar-refractivity contribution in [2.75, 3.05) is 38.8 Å². The fourth-order valence-electron chi connectivity index (χ4n) is 1.78. The van der Waals surface area contributed by atoms with Gasteiger partial charge in [0.2, 0.25) is 0 Å². The summed E-state index contributed by atoms with van der Waals surface area (Å²) in [6, 6.07) is 2.18. The van der Waals surface area contributed by atoms with Crippen LogP contribution in [0.25, 0.3) is 0 Å². The molecule has 0 fully saturated rings. The lowest BCUT2D eigenvalue weighted by Crippen LogP contribution is -2.24. The van der Waals surface area contributed by atoms with Gasteiger partial charge in [-0.3, -0.25) is 0 Å². The lowest BCUT2D eigenvalue weighted by molar-refractivity contribution is 0.154. The van der Waals surface area contributed by atoms with Crippen LogP contribution in [0.4, 0.5) is 5.82 Å². The Labute approximate surface area is 104 Å². The third-order valence-electron chi connectivity index (χ3n) is 2.62. The first-order valence-corrected chi connectivity index (χ1v) is 6.08. The molecule has 0 aliphatic rings. The van der Waals surface area contributed by atoms with Crippen LogP contribution in [0.2, 0.25) is 0 Å². The van der Waals surface area contributed by atoms with Crippen LogP contribution in [0.15, 0.2) is 12.3 Å². The fraction of sp³-hybridized carbons (Fsp3) is 0.615. The lowest BCUT2D eigenvalue weighted by Gasteiger charge is -2.20. The van der Waals surface area contributed by atoms with Crippen molar-refractivity contribution in [3.8, 4) is 0 Å². The van der Waals surface area contributed by atoms with Crippen LogP contribution in [0, 0.1) is 6.92 Å². The molecule has 1 aromatic heterocycles. The average Bonchev–Trinajstić information content (AvgIpc) is 2.29. The number of pyridine rings is 1. The predicted octanol–water partition coefficient (Wildman–Crippen LogP) is 1.58. The quantitative estimate of drug-likeness (QED) is 0.731. The first-order chi connectivity index (χ1) is 8.19. The molecule has 0 atom stereocenters. The molecule has 0 unspecified atom stereocenters. The van der Waals surface area contributed by atoms with E-state index < -0.39 is 0 Å². The van der Waals surface area contributed by atoms with E-state index in [9.17, 15) is 0 Å². The molecule has 0 radical (unpaired) electrons. The summed E-state index contributed by atoms with van der Waals surface area (Å²) in [5.41, 5.74) is 2.42. The highest BCUT2D eigenvalue weighted by molar-refractivity contribution is 5.46. The number of hydrogen-bond donors (Lipinski definition) is 1. The zero-order valence-electron chi connectivity index (χ0n) is 11.3. The Balaban J connectivity index is 2.63. The normalized spacial score (nSPS) is 10.6. The second kappa shape index (κ2) is 7.25. The van der Waals surface area contributed by atoms with Crippen molar-refractivity contribution in [3.05, 3.63) is 23.4 Å². The van der Waals surface area contributed by atoms with Crippen LogP contribution >= 0.6 is 0 Å². The van der Waals surface area contributed by atoms with Gasteiger partial charge in [-0.1, -0.05) is 0 Å². The van der Waals surface area contributed by atoms with Crippen molar-refractivity contribution in [1.82, 2.24) is 10.3 Å². The molecule has 0 aliphatic carbocycles. The Hall–Kier alpha value is -1.13. The molecule has 0 amide bonds. The minimum atomic E-state index is 0.742. The standard InChI is InChI=1S/C13H23N3O/c1-5-17-7-6-16(4)13-11(2)8-12(9-14-3)10-15-13/h8,10,14H,5-7,9H2,1-4H3. The van der Waals surface area contributed by atoms with E-state index in [-0.39, 0.29) is 0 Å². The van der Waals surface area contributed by atoms with Crippen molar-refractivity contribution in [1.29, 1.82) is 0 Å². The summed E-state index contributed by atoms with van der Waals surface area (Å²) in [5, 5.41) is 3.13. The molecule has 1 rings (SSSR count). The number of anilines is 1. The van der Waals surface area contributed by atoms with Crippen LogP contribution in [0.3, 0.4) is 0 Å². The van der Waals surface area contributed by atoms with Crippen LogP contribution in [0.1, 0.15) is 18.1 Å². The molecule has 1 aromatic rings. The van der Waals surface area contributed by atoms with Gasteiger partial charge in [0, 0.05) is 32.9 Å². The Morgan fingerprint density at radius 3 is 2.82 bits per heavy atom. The molecular weight excluding hydrogens is 214 g/mol. The van der Waals surface area contributed by atoms with E-state index >= 15 is 0 Å². The number of likely N-dealkylation sites (N-methyl/N-ethyl adjacent to an activating group) is 1. The number of aryl methyl sites for hydroxylation is 1. The van der Waals surface area contributed by atoms with Gasteiger partial charge in [0.1, 0.15) is 5.82 Å². The number of ether oxygens (including phenoxy) is 1. The Morgan fingerprint density at radius 1 is 1.47 bits per heavy atom. The summed E-state index contributed by atoms with van der Waals surface area (Å²) in [6.07, 6.45) is 1.93. The van der Waals surface area contributed by atoms with Crippen molar-refractivity contribution < 1.29 is 4.74 Å². The molecule has 96 valence electrons. The summed E-state index contributed by atoms with van der Waals surface area (Å²) in [5.74, 6) is 1.03. The van der Waals surface area contributed by atoms with E-state index in [0.29, 0.717) is 0 Å². The predicted molar refractivity (Wildman–Crippen MR) is 71.5 cm³/mol. The zero-order chi connectivity index (χ0) is 12.7. The molecule has 0 bridgehead atoms. The SMILES string of the molecule is CCOCCN(C)c1ncc(CNC)cc1C. The Bertz CT molecular complexity index is 341. The summed E-state index contributed by atoms with van der Waals surface area (Å²) < 4.78 is 5.35. The van der Waals surface area contributed by atoms with E-state index in [1.807, 2.05) is 27.2 Å². The maximum Gasteiger partial charge on any atom is 0.131 e. The molecule has 0 saturated carbocycles. The maximum absolute atomic E-state index is 5.35. The van der Waals surface area contributed by atoms with E-state index in [1.165, 1.54) is 11.1 Å². The molecule has 0 aliphatic heterocycles. The summed E-state index contributed by atoms with van der Waals surface area (Å²) in [4.78, 5) is 6.64. The Kier molecular flexibility index (Phi) is 5.94. The summed E-state index contributed by atoms with van der Waals surface area (Å²) >= 11 is 0. The third kappa shape index (κ3) is 4.32. The van der Waals surface area contributed by atoms with Gasteiger partial charge in [-0.25, -0.2) is 4.98 Å². The largest absolute Gasteiger partial charge is 0.380 e. The second-order valence-corrected chi connectivity index (χ2v) is 4.13. The van der Waals surface area contributed by atoms with Gasteiger partial charge in [0.15, 0.2) is 0 Å². The second-order valence-electron chi connectivity index (χ2n) is 4.13. The first-order valence-electron chi connectivity index (χ1n) is 6.08. The van der Waals surface area contributed by atoms with Gasteiger partial charge in [-0.2, -0.15) is 0 Å². The Morgan fingerprint density at radius 2 is 2.24 bits per heavy atom. The van der Waals surface area contributed by atoms with Crippen LogP contribution in [-0.2, 0) is 11.3 Å². The molecule has 1 N–H and O–H groups in total. The molecule has 0 saturated heterocycles. The van der Waals surface area contributed by atoms with Gasteiger partial charge in [-0.05, 0) is 38.1 Å². The minimum Gasteiger partial charge on any atom is -0.380 e. The van der Waals surface area contributed by atoms with Gasteiger partial charge < -0.3 is 15.0 Å². The van der Waals surface area contributed by atoms with Gasteiger partial charge in [0.25, 0.3) is 0 Å². The number of hydrogen-bond acceptors (Lipinski definition) is 4. The van der Waals surface area contributed by atoms with Gasteiger partial charge in [0.05, 0.1) is 6.61 Å². The molecule has 1 heterocycles. The molecule has 0 aromatic carbocycles. The summed E-state index contributed by atoms with van der Waals surface area (Å²) in [7, 11) is 3.99. The van der Waals surface area contributed by atoms with E-state index in [0.717, 1.165) is 32.1 Å². The van der Waals surface area contributed by atoms with Crippen molar-refractivity contribution in [3.63, 3.8) is 0 Å². The topological polar surface area (TPSA) is 37.4 Å². The molecule has 17 heavy (non-hydrogen) atoms. The molecule has 4 nitrogen and oxygen atoms in total. The number of aromatic nitrogens is 1. The molecule has 0 spiro atoms. The molecule has 4 heteroatoms. The van der Waals surface area contributed by atoms with E-state index in [1.54, 1.807) is 0 Å². The number of rotatable bonds is 7. The van der Waals surface area contributed by atoms with Crippen molar-refractivity contribution in [2.45, 2.75) is 20.4 Å². The number of nitrogens with one attached hydrogen (secondary N) is 1. The van der Waals surface area contributed by atoms with Crippen molar-refractivity contribution in [2.24, 2.45) is 0 Å². The minimum absolute atomic E-state index is 0.742.